The third-order valence-corrected chi connectivity index (χ3v) is 6.26. The lowest BCUT2D eigenvalue weighted by molar-refractivity contribution is -0.115. The van der Waals surface area contributed by atoms with Gasteiger partial charge in [-0.05, 0) is 42.1 Å². The zero-order valence-corrected chi connectivity index (χ0v) is 19.9. The molecule has 0 spiro atoms. The molecule has 4 heterocycles. The molecule has 5 rings (SSSR count). The molecular weight excluding hydrogens is 484 g/mol. The Balaban J connectivity index is 1.31. The van der Waals surface area contributed by atoms with Crippen LogP contribution >= 0.6 is 11.8 Å². The van der Waals surface area contributed by atoms with Crippen LogP contribution < -0.4 is 20.3 Å². The first-order valence-corrected chi connectivity index (χ1v) is 12.0. The topological polar surface area (TPSA) is 130 Å². The van der Waals surface area contributed by atoms with E-state index in [1.807, 2.05) is 35.2 Å². The summed E-state index contributed by atoms with van der Waals surface area (Å²) in [6.07, 6.45) is 3.08. The highest BCUT2D eigenvalue weighted by atomic mass is 32.2. The Morgan fingerprint density at radius 3 is 2.61 bits per heavy atom. The number of nitrogens with one attached hydrogen (secondary N) is 2. The smallest absolute Gasteiger partial charge is 0.321 e. The number of para-hydroxylation sites is 1. The van der Waals surface area contributed by atoms with Gasteiger partial charge in [0.05, 0.1) is 16.9 Å². The third kappa shape index (κ3) is 5.66. The second-order valence-corrected chi connectivity index (χ2v) is 8.94. The van der Waals surface area contributed by atoms with Crippen LogP contribution in [-0.2, 0) is 11.4 Å². The summed E-state index contributed by atoms with van der Waals surface area (Å²) in [7, 11) is 0. The summed E-state index contributed by atoms with van der Waals surface area (Å²) in [5, 5.41) is 4.70. The van der Waals surface area contributed by atoms with Crippen LogP contribution in [0.4, 0.5) is 21.2 Å². The largest absolute Gasteiger partial charge is 0.469 e. The van der Waals surface area contributed by atoms with E-state index in [-0.39, 0.29) is 17.5 Å². The number of anilines is 2. The van der Waals surface area contributed by atoms with Gasteiger partial charge in [-0.2, -0.15) is 4.98 Å². The number of amides is 4. The summed E-state index contributed by atoms with van der Waals surface area (Å²) >= 11 is 0.812. The second-order valence-electron chi connectivity index (χ2n) is 7.92. The van der Waals surface area contributed by atoms with Crippen LogP contribution in [0.25, 0.3) is 6.08 Å². The molecule has 4 amide bonds. The van der Waals surface area contributed by atoms with Crippen molar-refractivity contribution in [3.05, 3.63) is 71.2 Å². The van der Waals surface area contributed by atoms with E-state index in [9.17, 15) is 14.4 Å². The number of rotatable bonds is 6. The molecular formula is C24H22N6O5S. The van der Waals surface area contributed by atoms with Gasteiger partial charge in [-0.25, -0.2) is 9.78 Å². The molecule has 184 valence electrons. The Kier molecular flexibility index (Phi) is 6.85. The number of ether oxygens (including phenoxy) is 1. The van der Waals surface area contributed by atoms with Crippen LogP contribution in [0.3, 0.4) is 0 Å². The van der Waals surface area contributed by atoms with Gasteiger partial charge in [0.25, 0.3) is 11.1 Å². The van der Waals surface area contributed by atoms with Gasteiger partial charge < -0.3 is 24.3 Å². The molecule has 0 aliphatic carbocycles. The summed E-state index contributed by atoms with van der Waals surface area (Å²) in [6.45, 7) is 2.13. The van der Waals surface area contributed by atoms with Crippen LogP contribution in [0.2, 0.25) is 0 Å². The van der Waals surface area contributed by atoms with Crippen molar-refractivity contribution >= 4 is 46.7 Å². The molecule has 2 N–H and O–H groups in total. The van der Waals surface area contributed by atoms with E-state index >= 15 is 0 Å². The predicted molar refractivity (Wildman–Crippen MR) is 133 cm³/mol. The molecule has 0 saturated carbocycles. The molecule has 2 aromatic heterocycles. The molecule has 11 nitrogen and oxygen atoms in total. The fraction of sp³-hybridized carbons (Fsp3) is 0.208. The van der Waals surface area contributed by atoms with Crippen LogP contribution in [0.5, 0.6) is 5.88 Å². The zero-order valence-electron chi connectivity index (χ0n) is 19.0. The minimum absolute atomic E-state index is 0.167. The fourth-order valence-corrected chi connectivity index (χ4v) is 4.31. The summed E-state index contributed by atoms with van der Waals surface area (Å²) in [5.74, 6) is 0.851. The first-order chi connectivity index (χ1) is 17.5. The fourth-order valence-electron chi connectivity index (χ4n) is 3.65. The highest BCUT2D eigenvalue weighted by Crippen LogP contribution is 2.27. The highest BCUT2D eigenvalue weighted by molar-refractivity contribution is 8.18. The van der Waals surface area contributed by atoms with Crippen molar-refractivity contribution in [2.45, 2.75) is 6.61 Å². The lowest BCUT2D eigenvalue weighted by Gasteiger charge is -2.34. The number of aromatic nitrogens is 2. The van der Waals surface area contributed by atoms with Gasteiger partial charge in [-0.1, -0.05) is 18.2 Å². The van der Waals surface area contributed by atoms with Crippen molar-refractivity contribution in [3.63, 3.8) is 0 Å². The first-order valence-electron chi connectivity index (χ1n) is 11.2. The zero-order chi connectivity index (χ0) is 24.9. The molecule has 1 aromatic carbocycles. The second kappa shape index (κ2) is 10.5. The monoisotopic (exact) mass is 506 g/mol. The summed E-state index contributed by atoms with van der Waals surface area (Å²) in [6, 6.07) is 14.3. The number of furan rings is 1. The van der Waals surface area contributed by atoms with Crippen molar-refractivity contribution in [2.75, 3.05) is 36.4 Å². The van der Waals surface area contributed by atoms with Gasteiger partial charge in [0.15, 0.2) is 0 Å². The molecule has 0 radical (unpaired) electrons. The van der Waals surface area contributed by atoms with Gasteiger partial charge in [-0.3, -0.25) is 14.9 Å². The maximum atomic E-state index is 12.6. The number of carbonyl (C=O) groups excluding carboxylic acids is 3. The number of piperazine rings is 1. The van der Waals surface area contributed by atoms with Gasteiger partial charge in [0.2, 0.25) is 11.8 Å². The Morgan fingerprint density at radius 1 is 1.11 bits per heavy atom. The molecule has 2 aliphatic heterocycles. The quantitative estimate of drug-likeness (QED) is 0.484. The van der Waals surface area contributed by atoms with Gasteiger partial charge in [0, 0.05) is 37.9 Å². The number of thioether (sulfide) groups is 1. The predicted octanol–water partition coefficient (Wildman–Crippen LogP) is 3.33. The van der Waals surface area contributed by atoms with Crippen molar-refractivity contribution in [3.8, 4) is 5.88 Å². The molecule has 0 atom stereocenters. The SMILES string of the molecule is O=C1NC(=O)/C(=C/c2cc(OCc3ccco3)nc(N3CCN(C(=O)Nc4ccccc4)CC3)n2)S1. The number of imide groups is 1. The van der Waals surface area contributed by atoms with Gasteiger partial charge >= 0.3 is 6.03 Å². The number of urea groups is 1. The van der Waals surface area contributed by atoms with E-state index in [0.29, 0.717) is 49.5 Å². The van der Waals surface area contributed by atoms with Crippen LogP contribution in [-0.4, -0.2) is 58.2 Å². The summed E-state index contributed by atoms with van der Waals surface area (Å²) in [5.41, 5.74) is 1.16. The minimum atomic E-state index is -0.471. The number of nitrogens with zero attached hydrogens (tertiary/aromatic N) is 4. The van der Waals surface area contributed by atoms with Crippen molar-refractivity contribution in [2.24, 2.45) is 0 Å². The average Bonchev–Trinajstić information content (AvgIpc) is 3.52. The highest BCUT2D eigenvalue weighted by Gasteiger charge is 2.26. The van der Waals surface area contributed by atoms with E-state index in [2.05, 4.69) is 20.6 Å². The van der Waals surface area contributed by atoms with E-state index in [1.54, 1.807) is 29.4 Å². The van der Waals surface area contributed by atoms with E-state index in [0.717, 1.165) is 17.4 Å². The molecule has 36 heavy (non-hydrogen) atoms. The molecule has 0 unspecified atom stereocenters. The van der Waals surface area contributed by atoms with Gasteiger partial charge in [-0.15, -0.1) is 0 Å². The maximum absolute atomic E-state index is 12.6. The Bertz CT molecular complexity index is 1290. The maximum Gasteiger partial charge on any atom is 0.321 e. The molecule has 2 fully saturated rings. The van der Waals surface area contributed by atoms with Crippen LogP contribution in [0, 0.1) is 0 Å². The van der Waals surface area contributed by atoms with Crippen molar-refractivity contribution in [1.29, 1.82) is 0 Å². The number of benzene rings is 1. The molecule has 2 aliphatic rings. The Labute approximate surface area is 210 Å². The van der Waals surface area contributed by atoms with E-state index in [1.165, 1.54) is 6.08 Å². The minimum Gasteiger partial charge on any atom is -0.469 e. The molecule has 0 bridgehead atoms. The Hall–Kier alpha value is -4.32. The van der Waals surface area contributed by atoms with Crippen LogP contribution in [0.1, 0.15) is 11.5 Å². The Morgan fingerprint density at radius 2 is 1.92 bits per heavy atom. The van der Waals surface area contributed by atoms with Crippen molar-refractivity contribution in [1.82, 2.24) is 20.2 Å². The molecule has 3 aromatic rings. The lowest BCUT2D eigenvalue weighted by atomic mass is 10.3. The van der Waals surface area contributed by atoms with E-state index < -0.39 is 11.1 Å². The number of carbonyl (C=O) groups is 3. The van der Waals surface area contributed by atoms with E-state index in [4.69, 9.17) is 9.15 Å². The normalized spacial score (nSPS) is 16.8. The summed E-state index contributed by atoms with van der Waals surface area (Å²) < 4.78 is 11.1. The summed E-state index contributed by atoms with van der Waals surface area (Å²) in [4.78, 5) is 49.2. The number of hydrogen-bond acceptors (Lipinski definition) is 9. The van der Waals surface area contributed by atoms with Gasteiger partial charge in [0.1, 0.15) is 12.4 Å². The van der Waals surface area contributed by atoms with Crippen molar-refractivity contribution < 1.29 is 23.5 Å². The third-order valence-electron chi connectivity index (χ3n) is 5.45. The first kappa shape index (κ1) is 23.4. The number of hydrogen-bond donors (Lipinski definition) is 2. The molecule has 12 heteroatoms. The average molecular weight is 507 g/mol. The lowest BCUT2D eigenvalue weighted by Crippen LogP contribution is -2.50. The standard InChI is InChI=1S/C24H22N6O5S/c31-21-19(36-24(33)28-21)13-17-14-20(35-15-18-7-4-12-34-18)27-22(25-17)29-8-10-30(11-9-29)23(32)26-16-5-2-1-3-6-16/h1-7,12-14H,8-11,15H2,(H,26,32)(H,28,31,33)/b19-13-. The molecule has 2 saturated heterocycles. The van der Waals surface area contributed by atoms with Crippen LogP contribution in [0.15, 0.2) is 64.1 Å².